The number of hydrogen-bond donors (Lipinski definition) is 1. The number of nitrogens with zero attached hydrogens (tertiary/aromatic N) is 1. The molecule has 0 atom stereocenters. The van der Waals surface area contributed by atoms with Gasteiger partial charge in [-0.05, 0) is 55.5 Å². The quantitative estimate of drug-likeness (QED) is 0.813. The molecule has 0 bridgehead atoms. The lowest BCUT2D eigenvalue weighted by Gasteiger charge is -2.30. The molecule has 1 heterocycles. The molecule has 0 spiro atoms. The van der Waals surface area contributed by atoms with Gasteiger partial charge in [-0.25, -0.2) is 0 Å². The second kappa shape index (κ2) is 8.67. The van der Waals surface area contributed by atoms with Crippen LogP contribution < -0.4 is 5.32 Å². The summed E-state index contributed by atoms with van der Waals surface area (Å²) in [5, 5.41) is 2.83. The van der Waals surface area contributed by atoms with Gasteiger partial charge in [0.25, 0.3) is 5.91 Å². The molecular weight excluding hydrogens is 336 g/mol. The van der Waals surface area contributed by atoms with E-state index >= 15 is 0 Å². The van der Waals surface area contributed by atoms with E-state index in [1.807, 2.05) is 36.1 Å². The number of benzene rings is 2. The van der Waals surface area contributed by atoms with Crippen molar-refractivity contribution in [1.29, 1.82) is 0 Å². The molecule has 2 aromatic carbocycles. The van der Waals surface area contributed by atoms with E-state index in [0.29, 0.717) is 17.2 Å². The zero-order valence-corrected chi connectivity index (χ0v) is 15.9. The lowest BCUT2D eigenvalue weighted by Crippen LogP contribution is -2.37. The fraction of sp³-hybridized carbons (Fsp3) is 0.304. The van der Waals surface area contributed by atoms with Gasteiger partial charge >= 0.3 is 0 Å². The summed E-state index contributed by atoms with van der Waals surface area (Å²) in [5.41, 5.74) is 3.40. The van der Waals surface area contributed by atoms with Crippen molar-refractivity contribution in [3.63, 3.8) is 0 Å². The third-order valence-corrected chi connectivity index (χ3v) is 4.95. The zero-order chi connectivity index (χ0) is 19.2. The molecule has 4 nitrogen and oxygen atoms in total. The third kappa shape index (κ3) is 5.30. The summed E-state index contributed by atoms with van der Waals surface area (Å²) in [7, 11) is 0. The normalized spacial score (nSPS) is 15.1. The van der Waals surface area contributed by atoms with Crippen LogP contribution in [0.1, 0.15) is 41.3 Å². The topological polar surface area (TPSA) is 49.4 Å². The highest BCUT2D eigenvalue weighted by molar-refractivity contribution is 6.03. The maximum absolute atomic E-state index is 12.7. The number of rotatable bonds is 4. The molecule has 0 unspecified atom stereocenters. The van der Waals surface area contributed by atoms with Crippen LogP contribution >= 0.6 is 0 Å². The largest absolute Gasteiger partial charge is 0.339 e. The van der Waals surface area contributed by atoms with Gasteiger partial charge in [0.15, 0.2) is 0 Å². The Morgan fingerprint density at radius 1 is 1.07 bits per heavy atom. The van der Waals surface area contributed by atoms with E-state index in [1.54, 1.807) is 30.3 Å². The molecule has 140 valence electrons. The van der Waals surface area contributed by atoms with Crippen LogP contribution in [0.4, 0.5) is 5.69 Å². The van der Waals surface area contributed by atoms with Crippen molar-refractivity contribution in [3.8, 4) is 0 Å². The average molecular weight is 362 g/mol. The van der Waals surface area contributed by atoms with Gasteiger partial charge in [0, 0.05) is 30.4 Å². The summed E-state index contributed by atoms with van der Waals surface area (Å²) in [6.07, 6.45) is 5.38. The Morgan fingerprint density at radius 2 is 1.78 bits per heavy atom. The van der Waals surface area contributed by atoms with E-state index in [-0.39, 0.29) is 11.8 Å². The first-order chi connectivity index (χ1) is 13.0. The van der Waals surface area contributed by atoms with E-state index < -0.39 is 0 Å². The molecule has 2 aromatic rings. The van der Waals surface area contributed by atoms with Crippen LogP contribution in [0.15, 0.2) is 54.6 Å². The van der Waals surface area contributed by atoms with Gasteiger partial charge < -0.3 is 10.2 Å². The predicted molar refractivity (Wildman–Crippen MR) is 110 cm³/mol. The summed E-state index contributed by atoms with van der Waals surface area (Å²) in [6, 6.07) is 15.1. The predicted octanol–water partition coefficient (Wildman–Crippen LogP) is 4.52. The zero-order valence-electron chi connectivity index (χ0n) is 15.9. The van der Waals surface area contributed by atoms with Gasteiger partial charge in [0.1, 0.15) is 0 Å². The number of carbonyl (C=O) groups is 2. The van der Waals surface area contributed by atoms with Crippen LogP contribution in [0.25, 0.3) is 6.08 Å². The molecule has 1 fully saturated rings. The lowest BCUT2D eigenvalue weighted by molar-refractivity contribution is -0.111. The maximum Gasteiger partial charge on any atom is 0.253 e. The van der Waals surface area contributed by atoms with Crippen LogP contribution in [0.5, 0.6) is 0 Å². The highest BCUT2D eigenvalue weighted by atomic mass is 16.2. The SMILES string of the molecule is Cc1ccc(/C=C/C(=O)Nc2cccc(C(=O)N3CCC(C)CC3)c2)cc1. The van der Waals surface area contributed by atoms with Crippen LogP contribution in [0.2, 0.25) is 0 Å². The number of piperidine rings is 1. The number of anilines is 1. The Hall–Kier alpha value is -2.88. The minimum absolute atomic E-state index is 0.0354. The monoisotopic (exact) mass is 362 g/mol. The van der Waals surface area contributed by atoms with Crippen molar-refractivity contribution in [2.24, 2.45) is 5.92 Å². The first kappa shape index (κ1) is 18.9. The second-order valence-corrected chi connectivity index (χ2v) is 7.29. The Kier molecular flexibility index (Phi) is 6.07. The van der Waals surface area contributed by atoms with Crippen molar-refractivity contribution in [2.45, 2.75) is 26.7 Å². The molecule has 3 rings (SSSR count). The number of amides is 2. The van der Waals surface area contributed by atoms with E-state index in [1.165, 1.54) is 11.6 Å². The van der Waals surface area contributed by atoms with Crippen LogP contribution in [0.3, 0.4) is 0 Å². The number of nitrogens with one attached hydrogen (secondary N) is 1. The Morgan fingerprint density at radius 3 is 2.48 bits per heavy atom. The molecule has 0 aliphatic carbocycles. The molecular formula is C23H26N2O2. The molecule has 0 radical (unpaired) electrons. The standard InChI is InChI=1S/C23H26N2O2/c1-17-6-8-19(9-7-17)10-11-22(26)24-21-5-3-4-20(16-21)23(27)25-14-12-18(2)13-15-25/h3-11,16,18H,12-15H2,1-2H3,(H,24,26)/b11-10+. The molecule has 27 heavy (non-hydrogen) atoms. The number of hydrogen-bond acceptors (Lipinski definition) is 2. The van der Waals surface area contributed by atoms with E-state index in [2.05, 4.69) is 12.2 Å². The highest BCUT2D eigenvalue weighted by Crippen LogP contribution is 2.19. The van der Waals surface area contributed by atoms with Crippen molar-refractivity contribution in [3.05, 3.63) is 71.3 Å². The fourth-order valence-electron chi connectivity index (χ4n) is 3.16. The van der Waals surface area contributed by atoms with Crippen LogP contribution in [-0.4, -0.2) is 29.8 Å². The van der Waals surface area contributed by atoms with Crippen LogP contribution in [-0.2, 0) is 4.79 Å². The summed E-state index contributed by atoms with van der Waals surface area (Å²) >= 11 is 0. The van der Waals surface area contributed by atoms with E-state index in [4.69, 9.17) is 0 Å². The highest BCUT2D eigenvalue weighted by Gasteiger charge is 2.21. The first-order valence-electron chi connectivity index (χ1n) is 9.46. The number of likely N-dealkylation sites (tertiary alicyclic amines) is 1. The summed E-state index contributed by atoms with van der Waals surface area (Å²) < 4.78 is 0. The van der Waals surface area contributed by atoms with Crippen molar-refractivity contribution < 1.29 is 9.59 Å². The minimum atomic E-state index is -0.216. The van der Waals surface area contributed by atoms with Gasteiger partial charge in [-0.1, -0.05) is 42.8 Å². The minimum Gasteiger partial charge on any atom is -0.339 e. The van der Waals surface area contributed by atoms with Crippen molar-refractivity contribution in [1.82, 2.24) is 4.90 Å². The second-order valence-electron chi connectivity index (χ2n) is 7.29. The van der Waals surface area contributed by atoms with Gasteiger partial charge in [0.2, 0.25) is 5.91 Å². The molecule has 1 saturated heterocycles. The first-order valence-corrected chi connectivity index (χ1v) is 9.46. The van der Waals surface area contributed by atoms with Gasteiger partial charge in [0.05, 0.1) is 0 Å². The van der Waals surface area contributed by atoms with E-state index in [0.717, 1.165) is 31.5 Å². The summed E-state index contributed by atoms with van der Waals surface area (Å²) in [5.74, 6) is 0.500. The molecule has 1 aliphatic rings. The maximum atomic E-state index is 12.7. The van der Waals surface area contributed by atoms with Crippen molar-refractivity contribution in [2.75, 3.05) is 18.4 Å². The molecule has 1 N–H and O–H groups in total. The molecule has 0 saturated carbocycles. The summed E-state index contributed by atoms with van der Waals surface area (Å²) in [4.78, 5) is 26.8. The smallest absolute Gasteiger partial charge is 0.253 e. The Balaban J connectivity index is 1.62. The molecule has 1 aliphatic heterocycles. The third-order valence-electron chi connectivity index (χ3n) is 4.95. The van der Waals surface area contributed by atoms with Gasteiger partial charge in [-0.15, -0.1) is 0 Å². The summed E-state index contributed by atoms with van der Waals surface area (Å²) in [6.45, 7) is 5.85. The van der Waals surface area contributed by atoms with Gasteiger partial charge in [-0.2, -0.15) is 0 Å². The van der Waals surface area contributed by atoms with Crippen molar-refractivity contribution >= 4 is 23.6 Å². The molecule has 0 aromatic heterocycles. The molecule has 4 heteroatoms. The number of carbonyl (C=O) groups excluding carboxylic acids is 2. The Bertz CT molecular complexity index is 832. The lowest BCUT2D eigenvalue weighted by atomic mass is 9.98. The fourth-order valence-corrected chi connectivity index (χ4v) is 3.16. The average Bonchev–Trinajstić information content (AvgIpc) is 2.68. The van der Waals surface area contributed by atoms with Gasteiger partial charge in [-0.3, -0.25) is 9.59 Å². The molecule has 2 amide bonds. The van der Waals surface area contributed by atoms with E-state index in [9.17, 15) is 9.59 Å². The Labute approximate surface area is 160 Å². The van der Waals surface area contributed by atoms with Crippen LogP contribution in [0, 0.1) is 12.8 Å². The number of aryl methyl sites for hydroxylation is 1.